The minimum atomic E-state index is -0.528. The summed E-state index contributed by atoms with van der Waals surface area (Å²) in [6.07, 6.45) is 2.93. The van der Waals surface area contributed by atoms with Crippen LogP contribution in [0, 0.1) is 0 Å². The van der Waals surface area contributed by atoms with Gasteiger partial charge in [0.1, 0.15) is 11.4 Å². The Bertz CT molecular complexity index is 447. The quantitative estimate of drug-likeness (QED) is 0.804. The standard InChI is InChI=1S/C12H19N3O3/c1-2-18-12(3-5-17-6-4-12)11-14-8-9(7-13)10(16)15-11/h8H,2-7,13H2,1H3,(H,14,15,16). The number of nitrogens with two attached hydrogens (primary N) is 1. The van der Waals surface area contributed by atoms with Crippen LogP contribution in [0.2, 0.25) is 0 Å². The molecule has 0 amide bonds. The van der Waals surface area contributed by atoms with Crippen LogP contribution in [-0.4, -0.2) is 29.8 Å². The van der Waals surface area contributed by atoms with Crippen LogP contribution in [0.5, 0.6) is 0 Å². The zero-order valence-electron chi connectivity index (χ0n) is 10.6. The first kappa shape index (κ1) is 13.2. The van der Waals surface area contributed by atoms with Gasteiger partial charge >= 0.3 is 0 Å². The van der Waals surface area contributed by atoms with Crippen molar-refractivity contribution in [3.8, 4) is 0 Å². The lowest BCUT2D eigenvalue weighted by atomic mass is 9.93. The molecule has 1 aromatic rings. The summed E-state index contributed by atoms with van der Waals surface area (Å²) < 4.78 is 11.2. The monoisotopic (exact) mass is 253 g/mol. The van der Waals surface area contributed by atoms with Crippen LogP contribution in [0.3, 0.4) is 0 Å². The number of hydrogen-bond donors (Lipinski definition) is 2. The summed E-state index contributed by atoms with van der Waals surface area (Å²) in [4.78, 5) is 18.9. The van der Waals surface area contributed by atoms with Gasteiger partial charge in [0.2, 0.25) is 0 Å². The van der Waals surface area contributed by atoms with Crippen LogP contribution >= 0.6 is 0 Å². The molecule has 0 aliphatic carbocycles. The van der Waals surface area contributed by atoms with Gasteiger partial charge in [0.25, 0.3) is 5.56 Å². The first-order valence-corrected chi connectivity index (χ1v) is 6.22. The molecule has 0 saturated carbocycles. The molecule has 1 fully saturated rings. The van der Waals surface area contributed by atoms with Crippen LogP contribution < -0.4 is 11.3 Å². The molecule has 0 radical (unpaired) electrons. The molecule has 1 aromatic heterocycles. The van der Waals surface area contributed by atoms with Crippen molar-refractivity contribution >= 4 is 0 Å². The van der Waals surface area contributed by atoms with Gasteiger partial charge < -0.3 is 20.2 Å². The maximum Gasteiger partial charge on any atom is 0.255 e. The maximum atomic E-state index is 11.8. The van der Waals surface area contributed by atoms with E-state index in [0.717, 1.165) is 0 Å². The Balaban J connectivity index is 2.36. The molecule has 100 valence electrons. The first-order chi connectivity index (χ1) is 8.72. The summed E-state index contributed by atoms with van der Waals surface area (Å²) in [7, 11) is 0. The van der Waals surface area contributed by atoms with Crippen LogP contribution in [0.25, 0.3) is 0 Å². The molecule has 0 atom stereocenters. The predicted molar refractivity (Wildman–Crippen MR) is 66.1 cm³/mol. The molecule has 1 aliphatic rings. The smallest absolute Gasteiger partial charge is 0.255 e. The molecule has 0 bridgehead atoms. The predicted octanol–water partition coefficient (Wildman–Crippen LogP) is 0.271. The van der Waals surface area contributed by atoms with Gasteiger partial charge in [-0.05, 0) is 6.92 Å². The van der Waals surface area contributed by atoms with Gasteiger partial charge in [-0.1, -0.05) is 0 Å². The van der Waals surface area contributed by atoms with E-state index in [1.165, 1.54) is 6.20 Å². The molecule has 3 N–H and O–H groups in total. The van der Waals surface area contributed by atoms with E-state index in [1.54, 1.807) is 0 Å². The third-order valence-corrected chi connectivity index (χ3v) is 3.25. The fraction of sp³-hybridized carbons (Fsp3) is 0.667. The highest BCUT2D eigenvalue weighted by molar-refractivity contribution is 5.10. The second-order valence-electron chi connectivity index (χ2n) is 4.33. The summed E-state index contributed by atoms with van der Waals surface area (Å²) in [6.45, 7) is 3.92. The lowest BCUT2D eigenvalue weighted by Gasteiger charge is -2.35. The fourth-order valence-corrected chi connectivity index (χ4v) is 2.23. The molecular formula is C12H19N3O3. The number of aromatic amines is 1. The Morgan fingerprint density at radius 3 is 2.83 bits per heavy atom. The number of ether oxygens (including phenoxy) is 2. The molecular weight excluding hydrogens is 234 g/mol. The van der Waals surface area contributed by atoms with Crippen LogP contribution in [0.4, 0.5) is 0 Å². The summed E-state index contributed by atoms with van der Waals surface area (Å²) in [5, 5.41) is 0. The lowest BCUT2D eigenvalue weighted by molar-refractivity contribution is -0.118. The number of hydrogen-bond acceptors (Lipinski definition) is 5. The van der Waals surface area contributed by atoms with Gasteiger partial charge in [-0.25, -0.2) is 4.98 Å². The normalized spacial score (nSPS) is 18.8. The third kappa shape index (κ3) is 2.45. The Labute approximate surface area is 106 Å². The molecule has 2 heterocycles. The summed E-state index contributed by atoms with van der Waals surface area (Å²) >= 11 is 0. The molecule has 1 saturated heterocycles. The van der Waals surface area contributed by atoms with Crippen molar-refractivity contribution in [2.24, 2.45) is 5.73 Å². The van der Waals surface area contributed by atoms with Crippen molar-refractivity contribution in [1.82, 2.24) is 9.97 Å². The minimum absolute atomic E-state index is 0.187. The topological polar surface area (TPSA) is 90.2 Å². The van der Waals surface area contributed by atoms with Crippen molar-refractivity contribution in [2.75, 3.05) is 19.8 Å². The average Bonchev–Trinajstić information content (AvgIpc) is 2.40. The summed E-state index contributed by atoms with van der Waals surface area (Å²) in [6, 6.07) is 0. The minimum Gasteiger partial charge on any atom is -0.381 e. The third-order valence-electron chi connectivity index (χ3n) is 3.25. The number of rotatable bonds is 4. The number of H-pyrrole nitrogens is 1. The number of nitrogens with one attached hydrogen (secondary N) is 1. The van der Waals surface area contributed by atoms with Crippen molar-refractivity contribution in [3.05, 3.63) is 27.9 Å². The Morgan fingerprint density at radius 2 is 2.28 bits per heavy atom. The van der Waals surface area contributed by atoms with E-state index < -0.39 is 5.60 Å². The highest BCUT2D eigenvalue weighted by Gasteiger charge is 2.37. The largest absolute Gasteiger partial charge is 0.381 e. The highest BCUT2D eigenvalue weighted by Crippen LogP contribution is 2.33. The molecule has 0 unspecified atom stereocenters. The van der Waals surface area contributed by atoms with E-state index in [9.17, 15) is 4.79 Å². The summed E-state index contributed by atoms with van der Waals surface area (Å²) in [5.41, 5.74) is 5.23. The second-order valence-corrected chi connectivity index (χ2v) is 4.33. The van der Waals surface area contributed by atoms with Gasteiger partial charge in [-0.2, -0.15) is 0 Å². The van der Waals surface area contributed by atoms with Gasteiger partial charge in [-0.15, -0.1) is 0 Å². The number of nitrogens with zero attached hydrogens (tertiary/aromatic N) is 1. The number of aromatic nitrogens is 2. The molecule has 1 aliphatic heterocycles. The molecule has 6 nitrogen and oxygen atoms in total. The van der Waals surface area contributed by atoms with Crippen molar-refractivity contribution in [3.63, 3.8) is 0 Å². The van der Waals surface area contributed by atoms with E-state index in [-0.39, 0.29) is 12.1 Å². The molecule has 18 heavy (non-hydrogen) atoms. The second kappa shape index (κ2) is 5.60. The Morgan fingerprint density at radius 1 is 1.56 bits per heavy atom. The molecule has 0 spiro atoms. The van der Waals surface area contributed by atoms with E-state index in [1.807, 2.05) is 6.92 Å². The van der Waals surface area contributed by atoms with E-state index in [0.29, 0.717) is 44.1 Å². The molecule has 6 heteroatoms. The van der Waals surface area contributed by atoms with Gasteiger partial charge in [0.05, 0.1) is 0 Å². The van der Waals surface area contributed by atoms with Gasteiger partial charge in [-0.3, -0.25) is 4.79 Å². The lowest BCUT2D eigenvalue weighted by Crippen LogP contribution is -2.40. The van der Waals surface area contributed by atoms with Crippen LogP contribution in [0.1, 0.15) is 31.2 Å². The molecule has 2 rings (SSSR count). The first-order valence-electron chi connectivity index (χ1n) is 6.22. The SMILES string of the molecule is CCOC1(c2ncc(CN)c(=O)[nH]2)CCOCC1. The van der Waals surface area contributed by atoms with E-state index in [4.69, 9.17) is 15.2 Å². The Hall–Kier alpha value is -1.24. The fourth-order valence-electron chi connectivity index (χ4n) is 2.23. The molecule has 0 aromatic carbocycles. The van der Waals surface area contributed by atoms with Gasteiger partial charge in [0, 0.05) is 51.0 Å². The summed E-state index contributed by atoms with van der Waals surface area (Å²) in [5.74, 6) is 0.579. The van der Waals surface area contributed by atoms with Crippen LogP contribution in [0.15, 0.2) is 11.0 Å². The van der Waals surface area contributed by atoms with Gasteiger partial charge in [0.15, 0.2) is 0 Å². The zero-order chi connectivity index (χ0) is 13.0. The maximum absolute atomic E-state index is 11.8. The van der Waals surface area contributed by atoms with Crippen molar-refractivity contribution in [2.45, 2.75) is 31.9 Å². The van der Waals surface area contributed by atoms with Crippen molar-refractivity contribution in [1.29, 1.82) is 0 Å². The zero-order valence-corrected chi connectivity index (χ0v) is 10.6. The van der Waals surface area contributed by atoms with Crippen molar-refractivity contribution < 1.29 is 9.47 Å². The van der Waals surface area contributed by atoms with E-state index >= 15 is 0 Å². The highest BCUT2D eigenvalue weighted by atomic mass is 16.5. The Kier molecular flexibility index (Phi) is 4.11. The van der Waals surface area contributed by atoms with E-state index in [2.05, 4.69) is 9.97 Å². The van der Waals surface area contributed by atoms with Crippen LogP contribution in [-0.2, 0) is 21.6 Å². The average molecular weight is 253 g/mol.